The third kappa shape index (κ3) is 3.45. The monoisotopic (exact) mass is 369 g/mol. The number of benzene rings is 2. The minimum absolute atomic E-state index is 0.269. The number of hydrogen-bond donors (Lipinski definition) is 3. The summed E-state index contributed by atoms with van der Waals surface area (Å²) in [5.74, 6) is -0.680. The number of nitrogens with one attached hydrogen (secondary N) is 3. The van der Waals surface area contributed by atoms with E-state index in [1.54, 1.807) is 18.2 Å². The number of rotatable bonds is 3. The fourth-order valence-electron chi connectivity index (χ4n) is 3.53. The van der Waals surface area contributed by atoms with Gasteiger partial charge in [0.1, 0.15) is 17.6 Å². The van der Waals surface area contributed by atoms with E-state index in [0.717, 1.165) is 11.1 Å². The molecule has 3 N–H and O–H groups in total. The zero-order valence-corrected chi connectivity index (χ0v) is 14.8. The summed E-state index contributed by atoms with van der Waals surface area (Å²) in [5, 5.41) is 8.09. The molecule has 0 bridgehead atoms. The maximum atomic E-state index is 14.6. The number of amides is 3. The summed E-state index contributed by atoms with van der Waals surface area (Å²) >= 11 is 0. The number of ether oxygens (including phenoxy) is 1. The predicted octanol–water partition coefficient (Wildman–Crippen LogP) is 2.47. The molecule has 2 aromatic rings. The molecular weight excluding hydrogens is 349 g/mol. The number of carbonyl (C=O) groups excluding carboxylic acids is 2. The van der Waals surface area contributed by atoms with Gasteiger partial charge in [-0.2, -0.15) is 0 Å². The van der Waals surface area contributed by atoms with Gasteiger partial charge in [-0.1, -0.05) is 17.7 Å². The Morgan fingerprint density at radius 1 is 1.26 bits per heavy atom. The molecule has 140 valence electrons. The average molecular weight is 369 g/mol. The third-order valence-corrected chi connectivity index (χ3v) is 4.99. The summed E-state index contributed by atoms with van der Waals surface area (Å²) in [5.41, 5.74) is 3.04. The van der Waals surface area contributed by atoms with Crippen molar-refractivity contribution < 1.29 is 18.7 Å². The Morgan fingerprint density at radius 3 is 2.81 bits per heavy atom. The summed E-state index contributed by atoms with van der Waals surface area (Å²) in [6.45, 7) is 2.75. The number of fused-ring (bicyclic) bond motifs is 1. The highest BCUT2D eigenvalue weighted by Crippen LogP contribution is 2.34. The molecule has 1 saturated heterocycles. The molecule has 0 unspecified atom stereocenters. The fourth-order valence-corrected chi connectivity index (χ4v) is 3.53. The van der Waals surface area contributed by atoms with E-state index in [1.165, 1.54) is 6.07 Å². The molecule has 27 heavy (non-hydrogen) atoms. The van der Waals surface area contributed by atoms with E-state index in [9.17, 15) is 14.0 Å². The van der Waals surface area contributed by atoms with Crippen LogP contribution in [0.1, 0.15) is 22.6 Å². The van der Waals surface area contributed by atoms with Gasteiger partial charge in [-0.15, -0.1) is 0 Å². The van der Waals surface area contributed by atoms with Gasteiger partial charge < -0.3 is 20.7 Å². The zero-order valence-electron chi connectivity index (χ0n) is 14.8. The van der Waals surface area contributed by atoms with Crippen LogP contribution in [0.4, 0.5) is 14.9 Å². The van der Waals surface area contributed by atoms with Crippen LogP contribution in [0.2, 0.25) is 0 Å². The Labute approximate surface area is 156 Å². The van der Waals surface area contributed by atoms with E-state index in [2.05, 4.69) is 16.0 Å². The molecule has 4 rings (SSSR count). The second-order valence-corrected chi connectivity index (χ2v) is 6.87. The van der Waals surface area contributed by atoms with Crippen molar-refractivity contribution in [3.63, 3.8) is 0 Å². The van der Waals surface area contributed by atoms with Crippen molar-refractivity contribution in [2.75, 3.05) is 18.5 Å². The van der Waals surface area contributed by atoms with Crippen LogP contribution in [0.25, 0.3) is 0 Å². The molecule has 0 saturated carbocycles. The second-order valence-electron chi connectivity index (χ2n) is 6.87. The van der Waals surface area contributed by atoms with E-state index in [4.69, 9.17) is 4.74 Å². The molecule has 6 nitrogen and oxygen atoms in total. The van der Waals surface area contributed by atoms with Crippen LogP contribution in [0.3, 0.4) is 0 Å². The number of hydrogen-bond acceptors (Lipinski definition) is 3. The molecule has 1 fully saturated rings. The van der Waals surface area contributed by atoms with Gasteiger partial charge in [0.05, 0.1) is 6.61 Å². The summed E-state index contributed by atoms with van der Waals surface area (Å²) in [7, 11) is 0. The first-order valence-corrected chi connectivity index (χ1v) is 8.88. The van der Waals surface area contributed by atoms with Gasteiger partial charge in [0.15, 0.2) is 0 Å². The van der Waals surface area contributed by atoms with E-state index in [-0.39, 0.29) is 12.5 Å². The van der Waals surface area contributed by atoms with Crippen LogP contribution in [0, 0.1) is 12.7 Å². The molecule has 2 heterocycles. The van der Waals surface area contributed by atoms with Crippen molar-refractivity contribution in [1.82, 2.24) is 10.6 Å². The quantitative estimate of drug-likeness (QED) is 0.778. The van der Waals surface area contributed by atoms with Gasteiger partial charge in [0.2, 0.25) is 5.91 Å². The molecule has 2 atom stereocenters. The minimum Gasteiger partial charge on any atom is -0.493 e. The Bertz CT molecular complexity index is 898. The summed E-state index contributed by atoms with van der Waals surface area (Å²) in [4.78, 5) is 24.6. The molecule has 0 aliphatic carbocycles. The van der Waals surface area contributed by atoms with E-state index in [0.29, 0.717) is 30.0 Å². The molecule has 0 aromatic heterocycles. The Kier molecular flexibility index (Phi) is 4.43. The van der Waals surface area contributed by atoms with Gasteiger partial charge in [-0.3, -0.25) is 4.79 Å². The number of anilines is 1. The molecule has 2 aliphatic rings. The normalized spacial score (nSPS) is 20.6. The second kappa shape index (κ2) is 6.90. The minimum atomic E-state index is -0.842. The number of aryl methyl sites for hydroxylation is 1. The number of carbonyl (C=O) groups is 2. The largest absolute Gasteiger partial charge is 0.493 e. The smallest absolute Gasteiger partial charge is 0.319 e. The topological polar surface area (TPSA) is 79.5 Å². The van der Waals surface area contributed by atoms with Gasteiger partial charge in [0.25, 0.3) is 0 Å². The van der Waals surface area contributed by atoms with Crippen molar-refractivity contribution in [1.29, 1.82) is 0 Å². The van der Waals surface area contributed by atoms with Gasteiger partial charge in [-0.25, -0.2) is 9.18 Å². The Hall–Kier alpha value is -3.09. The molecule has 3 amide bonds. The van der Waals surface area contributed by atoms with Crippen LogP contribution in [0.15, 0.2) is 36.4 Å². The van der Waals surface area contributed by atoms with Crippen molar-refractivity contribution in [3.8, 4) is 5.75 Å². The van der Waals surface area contributed by atoms with Crippen LogP contribution in [-0.2, 0) is 11.2 Å². The standard InChI is InChI=1S/C20H20FN3O3/c1-11-2-4-13(5-3-11)23-20(26)24-18-15(10-22-19(18)25)14-8-12-6-7-27-17(12)9-16(14)21/h2-5,8-9,15,18H,6-7,10H2,1H3,(H,22,25)(H2,23,24,26)/t15-,18-/m0/s1. The SMILES string of the molecule is Cc1ccc(NC(=O)N[C@@H]2C(=O)NC[C@H]2c2cc3c(cc2F)OCC3)cc1. The number of halogens is 1. The fraction of sp³-hybridized carbons (Fsp3) is 0.300. The molecule has 7 heteroatoms. The zero-order chi connectivity index (χ0) is 19.0. The van der Waals surface area contributed by atoms with Gasteiger partial charge in [0, 0.05) is 30.6 Å². The first kappa shape index (κ1) is 17.3. The Morgan fingerprint density at radius 2 is 2.04 bits per heavy atom. The highest BCUT2D eigenvalue weighted by atomic mass is 19.1. The maximum absolute atomic E-state index is 14.6. The Balaban J connectivity index is 1.52. The van der Waals surface area contributed by atoms with Crippen LogP contribution in [-0.4, -0.2) is 31.1 Å². The van der Waals surface area contributed by atoms with Crippen molar-refractivity contribution in [2.45, 2.75) is 25.3 Å². The maximum Gasteiger partial charge on any atom is 0.319 e. The van der Waals surface area contributed by atoms with E-state index in [1.807, 2.05) is 19.1 Å². The first-order chi connectivity index (χ1) is 13.0. The highest BCUT2D eigenvalue weighted by molar-refractivity contribution is 5.95. The molecule has 2 aliphatic heterocycles. The lowest BCUT2D eigenvalue weighted by Gasteiger charge is -2.20. The van der Waals surface area contributed by atoms with Gasteiger partial charge in [-0.05, 0) is 36.2 Å². The highest BCUT2D eigenvalue weighted by Gasteiger charge is 2.38. The van der Waals surface area contributed by atoms with E-state index >= 15 is 0 Å². The average Bonchev–Trinajstić information content (AvgIpc) is 3.23. The van der Waals surface area contributed by atoms with Crippen molar-refractivity contribution in [3.05, 3.63) is 58.9 Å². The van der Waals surface area contributed by atoms with Gasteiger partial charge >= 0.3 is 6.03 Å². The lowest BCUT2D eigenvalue weighted by molar-refractivity contribution is -0.120. The van der Waals surface area contributed by atoms with Crippen LogP contribution >= 0.6 is 0 Å². The lowest BCUT2D eigenvalue weighted by Crippen LogP contribution is -2.44. The molecule has 0 radical (unpaired) electrons. The summed E-state index contributed by atoms with van der Waals surface area (Å²) in [6, 6.07) is 9.08. The van der Waals surface area contributed by atoms with Crippen LogP contribution < -0.4 is 20.7 Å². The summed E-state index contributed by atoms with van der Waals surface area (Å²) < 4.78 is 20.0. The molecule has 0 spiro atoms. The summed E-state index contributed by atoms with van der Waals surface area (Å²) in [6.07, 6.45) is 0.711. The lowest BCUT2D eigenvalue weighted by atomic mass is 9.91. The predicted molar refractivity (Wildman–Crippen MR) is 98.5 cm³/mol. The molecule has 2 aromatic carbocycles. The molecular formula is C20H20FN3O3. The van der Waals surface area contributed by atoms with Crippen LogP contribution in [0.5, 0.6) is 5.75 Å². The van der Waals surface area contributed by atoms with Crippen molar-refractivity contribution in [2.24, 2.45) is 0 Å². The third-order valence-electron chi connectivity index (χ3n) is 4.99. The van der Waals surface area contributed by atoms with E-state index < -0.39 is 23.8 Å². The first-order valence-electron chi connectivity index (χ1n) is 8.88. The van der Waals surface area contributed by atoms with Crippen molar-refractivity contribution >= 4 is 17.6 Å². The number of urea groups is 1.